The number of anilines is 1. The molecule has 2 aliphatic rings. The first kappa shape index (κ1) is 17.8. The molecule has 1 aliphatic carbocycles. The Morgan fingerprint density at radius 1 is 1.11 bits per heavy atom. The third kappa shape index (κ3) is 3.77. The van der Waals surface area contributed by atoms with Gasteiger partial charge in [-0.2, -0.15) is 13.2 Å². The molecular weight excluding hydrogens is 361 g/mol. The predicted molar refractivity (Wildman–Crippen MR) is 90.7 cm³/mol. The van der Waals surface area contributed by atoms with E-state index in [1.807, 2.05) is 0 Å². The van der Waals surface area contributed by atoms with Gasteiger partial charge in [0, 0.05) is 18.7 Å². The molecule has 1 saturated heterocycles. The molecule has 1 spiro atoms. The maximum absolute atomic E-state index is 13.5. The molecule has 2 aromatic rings. The van der Waals surface area contributed by atoms with Gasteiger partial charge < -0.3 is 14.6 Å². The summed E-state index contributed by atoms with van der Waals surface area (Å²) in [6.07, 6.45) is -1.02. The molecule has 0 radical (unpaired) electrons. The summed E-state index contributed by atoms with van der Waals surface area (Å²) in [5.41, 5.74) is 0.855. The zero-order chi connectivity index (χ0) is 19.1. The number of hydrogen-bond donors (Lipinski definition) is 1. The monoisotopic (exact) mass is 380 g/mol. The van der Waals surface area contributed by atoms with Crippen molar-refractivity contribution in [3.05, 3.63) is 30.3 Å². The van der Waals surface area contributed by atoms with Crippen LogP contribution in [0.5, 0.6) is 0 Å². The molecule has 1 saturated carbocycles. The van der Waals surface area contributed by atoms with Crippen LogP contribution in [-0.2, 0) is 4.79 Å². The largest absolute Gasteiger partial charge is 0.417 e. The second-order valence-electron chi connectivity index (χ2n) is 7.22. The van der Waals surface area contributed by atoms with E-state index in [9.17, 15) is 18.0 Å². The fraction of sp³-hybridized carbons (Fsp3) is 0.500. The number of nitrogens with zero attached hydrogens (tertiary/aromatic N) is 3. The van der Waals surface area contributed by atoms with Crippen LogP contribution in [0.15, 0.2) is 34.7 Å². The van der Waals surface area contributed by atoms with E-state index in [2.05, 4.69) is 15.5 Å². The summed E-state index contributed by atoms with van der Waals surface area (Å²) in [5, 5.41) is 9.44. The Hall–Kier alpha value is -2.58. The molecule has 6 nitrogen and oxygen atoms in total. The SMILES string of the molecule is O=C(C(Nc1nnc(-c2ccccc2)o1)C(F)(F)F)N1CCC2(CC1)CC2. The third-order valence-electron chi connectivity index (χ3n) is 5.38. The number of likely N-dealkylation sites (tertiary alicyclic amines) is 1. The molecule has 0 bridgehead atoms. The van der Waals surface area contributed by atoms with Gasteiger partial charge in [-0.15, -0.1) is 5.10 Å². The van der Waals surface area contributed by atoms with Gasteiger partial charge in [0.05, 0.1) is 0 Å². The number of hydrogen-bond acceptors (Lipinski definition) is 5. The van der Waals surface area contributed by atoms with Gasteiger partial charge in [-0.25, -0.2) is 0 Å². The van der Waals surface area contributed by atoms with Crippen molar-refractivity contribution >= 4 is 11.9 Å². The quantitative estimate of drug-likeness (QED) is 0.879. The highest BCUT2D eigenvalue weighted by molar-refractivity contribution is 5.85. The number of alkyl halides is 3. The maximum atomic E-state index is 13.5. The fourth-order valence-corrected chi connectivity index (χ4v) is 3.45. The van der Waals surface area contributed by atoms with Crippen molar-refractivity contribution in [1.29, 1.82) is 0 Å². The molecule has 2 fully saturated rings. The zero-order valence-corrected chi connectivity index (χ0v) is 14.5. The molecule has 1 aliphatic heterocycles. The van der Waals surface area contributed by atoms with Crippen molar-refractivity contribution in [3.8, 4) is 11.5 Å². The number of benzene rings is 1. The van der Waals surface area contributed by atoms with Crippen LogP contribution in [0.25, 0.3) is 11.5 Å². The maximum Gasteiger partial charge on any atom is 0.417 e. The molecule has 4 rings (SSSR count). The van der Waals surface area contributed by atoms with Crippen molar-refractivity contribution in [3.63, 3.8) is 0 Å². The van der Waals surface area contributed by atoms with Crippen molar-refractivity contribution in [2.24, 2.45) is 5.41 Å². The van der Waals surface area contributed by atoms with Crippen LogP contribution in [0, 0.1) is 5.41 Å². The fourth-order valence-electron chi connectivity index (χ4n) is 3.45. The van der Waals surface area contributed by atoms with Crippen LogP contribution in [0.2, 0.25) is 0 Å². The minimum Gasteiger partial charge on any atom is -0.403 e. The van der Waals surface area contributed by atoms with Crippen molar-refractivity contribution in [2.45, 2.75) is 37.9 Å². The molecule has 1 aromatic carbocycles. The van der Waals surface area contributed by atoms with Gasteiger partial charge in [-0.1, -0.05) is 23.3 Å². The summed E-state index contributed by atoms with van der Waals surface area (Å²) in [6.45, 7) is 0.707. The minimum absolute atomic E-state index is 0.0834. The lowest BCUT2D eigenvalue weighted by Crippen LogP contribution is -2.53. The number of carbonyl (C=O) groups is 1. The Morgan fingerprint density at radius 3 is 2.37 bits per heavy atom. The van der Waals surface area contributed by atoms with Gasteiger partial charge in [0.25, 0.3) is 5.91 Å². The Morgan fingerprint density at radius 2 is 1.78 bits per heavy atom. The summed E-state index contributed by atoms with van der Waals surface area (Å²) in [7, 11) is 0. The van der Waals surface area contributed by atoms with Crippen LogP contribution >= 0.6 is 0 Å². The number of halogens is 3. The number of aromatic nitrogens is 2. The molecule has 1 atom stereocenters. The molecule has 27 heavy (non-hydrogen) atoms. The summed E-state index contributed by atoms with van der Waals surface area (Å²) >= 11 is 0. The topological polar surface area (TPSA) is 71.3 Å². The van der Waals surface area contributed by atoms with Crippen molar-refractivity contribution in [1.82, 2.24) is 15.1 Å². The second kappa shape index (κ2) is 6.54. The molecule has 144 valence electrons. The van der Waals surface area contributed by atoms with E-state index in [-0.39, 0.29) is 11.3 Å². The van der Waals surface area contributed by atoms with Crippen LogP contribution in [0.3, 0.4) is 0 Å². The minimum atomic E-state index is -4.77. The second-order valence-corrected chi connectivity index (χ2v) is 7.22. The summed E-state index contributed by atoms with van der Waals surface area (Å²) < 4.78 is 45.8. The van der Waals surface area contributed by atoms with E-state index in [4.69, 9.17) is 4.42 Å². The van der Waals surface area contributed by atoms with Gasteiger partial charge in [-0.05, 0) is 43.2 Å². The number of carbonyl (C=O) groups excluding carboxylic acids is 1. The van der Waals surface area contributed by atoms with Gasteiger partial charge in [0.15, 0.2) is 0 Å². The smallest absolute Gasteiger partial charge is 0.403 e. The standard InChI is InChI=1S/C18H19F3N4O2/c19-18(20,21)13(15(26)25-10-8-17(6-7-17)9-11-25)22-16-24-23-14(27-16)12-4-2-1-3-5-12/h1-5,13H,6-11H2,(H,22,24). The lowest BCUT2D eigenvalue weighted by Gasteiger charge is -2.34. The molecule has 1 unspecified atom stereocenters. The zero-order valence-electron chi connectivity index (χ0n) is 14.5. The van der Waals surface area contributed by atoms with Gasteiger partial charge in [-0.3, -0.25) is 4.79 Å². The average Bonchev–Trinajstić information content (AvgIpc) is 3.23. The van der Waals surface area contributed by atoms with E-state index >= 15 is 0 Å². The lowest BCUT2D eigenvalue weighted by atomic mass is 9.93. The number of amides is 1. The summed E-state index contributed by atoms with van der Waals surface area (Å²) in [6, 6.07) is 5.85. The van der Waals surface area contributed by atoms with Gasteiger partial charge in [0.1, 0.15) is 0 Å². The highest BCUT2D eigenvalue weighted by atomic mass is 19.4. The molecule has 1 aromatic heterocycles. The van der Waals surface area contributed by atoms with E-state index in [1.54, 1.807) is 30.3 Å². The molecule has 9 heteroatoms. The first-order valence-electron chi connectivity index (χ1n) is 8.87. The third-order valence-corrected chi connectivity index (χ3v) is 5.38. The predicted octanol–water partition coefficient (Wildman–Crippen LogP) is 3.48. The van der Waals surface area contributed by atoms with Crippen molar-refractivity contribution < 1.29 is 22.4 Å². The first-order chi connectivity index (χ1) is 12.9. The highest BCUT2D eigenvalue weighted by Crippen LogP contribution is 2.53. The van der Waals surface area contributed by atoms with E-state index in [1.165, 1.54) is 4.90 Å². The molecule has 1 N–H and O–H groups in total. The highest BCUT2D eigenvalue weighted by Gasteiger charge is 2.50. The first-order valence-corrected chi connectivity index (χ1v) is 8.87. The summed E-state index contributed by atoms with van der Waals surface area (Å²) in [5.74, 6) is -0.919. The van der Waals surface area contributed by atoms with E-state index < -0.39 is 24.1 Å². The Labute approximate surface area is 153 Å². The van der Waals surface area contributed by atoms with Crippen LogP contribution in [0.4, 0.5) is 19.2 Å². The molecule has 1 amide bonds. The number of rotatable bonds is 4. The number of nitrogens with one attached hydrogen (secondary N) is 1. The van der Waals surface area contributed by atoms with Crippen molar-refractivity contribution in [2.75, 3.05) is 18.4 Å². The molecular formula is C18H19F3N4O2. The summed E-state index contributed by atoms with van der Waals surface area (Å²) in [4.78, 5) is 13.8. The van der Waals surface area contributed by atoms with E-state index in [0.29, 0.717) is 18.7 Å². The Kier molecular flexibility index (Phi) is 4.32. The lowest BCUT2D eigenvalue weighted by molar-refractivity contribution is -0.167. The Balaban J connectivity index is 1.48. The average molecular weight is 380 g/mol. The van der Waals surface area contributed by atoms with Crippen LogP contribution in [-0.4, -0.2) is 46.3 Å². The Bertz CT molecular complexity index is 808. The van der Waals surface area contributed by atoms with Gasteiger partial charge in [0.2, 0.25) is 11.9 Å². The van der Waals surface area contributed by atoms with Crippen LogP contribution in [0.1, 0.15) is 25.7 Å². The molecule has 2 heterocycles. The van der Waals surface area contributed by atoms with Gasteiger partial charge >= 0.3 is 12.2 Å². The van der Waals surface area contributed by atoms with E-state index in [0.717, 1.165) is 25.7 Å². The van der Waals surface area contributed by atoms with Crippen LogP contribution < -0.4 is 5.32 Å². The number of piperidine rings is 1. The normalized spacial score (nSPS) is 19.7.